The maximum Gasteiger partial charge on any atom is 0.297 e. The lowest BCUT2D eigenvalue weighted by atomic mass is 10.2. The topological polar surface area (TPSA) is 86.9 Å². The van der Waals surface area contributed by atoms with Crippen molar-refractivity contribution >= 4 is 22.2 Å². The third-order valence-electron chi connectivity index (χ3n) is 3.86. The van der Waals surface area contributed by atoms with Gasteiger partial charge in [0.2, 0.25) is 5.89 Å². The van der Waals surface area contributed by atoms with Crippen molar-refractivity contribution in [3.63, 3.8) is 0 Å². The molecule has 0 aromatic carbocycles. The lowest BCUT2D eigenvalue weighted by Crippen LogP contribution is -2.25. The van der Waals surface area contributed by atoms with E-state index >= 15 is 0 Å². The van der Waals surface area contributed by atoms with E-state index in [1.165, 1.54) is 4.68 Å². The Kier molecular flexibility index (Phi) is 3.34. The summed E-state index contributed by atoms with van der Waals surface area (Å²) in [5.41, 5.74) is 1.36. The molecule has 0 aliphatic heterocycles. The third-order valence-corrected chi connectivity index (χ3v) is 4.71. The second kappa shape index (κ2) is 5.41. The van der Waals surface area contributed by atoms with Crippen LogP contribution < -0.4 is 5.56 Å². The van der Waals surface area contributed by atoms with Crippen LogP contribution in [0.5, 0.6) is 0 Å². The van der Waals surface area contributed by atoms with Crippen molar-refractivity contribution in [3.8, 4) is 10.8 Å². The second-order valence-electron chi connectivity index (χ2n) is 5.51. The van der Waals surface area contributed by atoms with Gasteiger partial charge in [0, 0.05) is 0 Å². The van der Waals surface area contributed by atoms with Gasteiger partial charge in [-0.3, -0.25) is 4.79 Å². The van der Waals surface area contributed by atoms with Crippen molar-refractivity contribution in [1.82, 2.24) is 19.9 Å². The standard InChI is InChI=1S/C16H14N4O3S/c1-8-13-10(3)23-19-14(13)16(21)20(18-8)7-11-9(2)22-15(17-11)12-5-4-6-24-12/h4-6H,7H2,1-3H3. The molecular formula is C16H14N4O3S. The van der Waals surface area contributed by atoms with Crippen molar-refractivity contribution in [1.29, 1.82) is 0 Å². The smallest absolute Gasteiger partial charge is 0.297 e. The molecule has 0 spiro atoms. The van der Waals surface area contributed by atoms with Gasteiger partial charge in [0.1, 0.15) is 17.2 Å². The molecule has 7 nitrogen and oxygen atoms in total. The summed E-state index contributed by atoms with van der Waals surface area (Å²) in [5.74, 6) is 1.82. The van der Waals surface area contributed by atoms with E-state index in [-0.39, 0.29) is 12.1 Å². The SMILES string of the molecule is Cc1oc(-c2cccs2)nc1Cn1nc(C)c2c(C)onc2c1=O. The van der Waals surface area contributed by atoms with E-state index in [9.17, 15) is 4.79 Å². The Morgan fingerprint density at radius 3 is 2.83 bits per heavy atom. The van der Waals surface area contributed by atoms with Crippen LogP contribution in [-0.2, 0) is 6.54 Å². The van der Waals surface area contributed by atoms with Crippen LogP contribution in [0.15, 0.2) is 31.2 Å². The van der Waals surface area contributed by atoms with E-state index in [4.69, 9.17) is 8.94 Å². The van der Waals surface area contributed by atoms with Crippen LogP contribution in [0, 0.1) is 20.8 Å². The Labute approximate surface area is 140 Å². The zero-order valence-corrected chi connectivity index (χ0v) is 14.2. The van der Waals surface area contributed by atoms with E-state index < -0.39 is 0 Å². The van der Waals surface area contributed by atoms with Crippen molar-refractivity contribution < 1.29 is 8.94 Å². The van der Waals surface area contributed by atoms with Gasteiger partial charge in [-0.05, 0) is 32.2 Å². The first-order chi connectivity index (χ1) is 11.5. The largest absolute Gasteiger partial charge is 0.440 e. The summed E-state index contributed by atoms with van der Waals surface area (Å²) in [6, 6.07) is 3.88. The molecule has 0 bridgehead atoms. The molecule has 4 heterocycles. The zero-order chi connectivity index (χ0) is 16.8. The molecule has 4 aromatic rings. The Balaban J connectivity index is 1.78. The van der Waals surface area contributed by atoms with E-state index in [1.54, 1.807) is 18.3 Å². The highest BCUT2D eigenvalue weighted by Gasteiger charge is 2.18. The molecule has 0 atom stereocenters. The highest BCUT2D eigenvalue weighted by atomic mass is 32.1. The molecule has 0 aliphatic carbocycles. The van der Waals surface area contributed by atoms with Gasteiger partial charge in [0.15, 0.2) is 5.52 Å². The molecular weight excluding hydrogens is 328 g/mol. The maximum atomic E-state index is 12.6. The lowest BCUT2D eigenvalue weighted by Gasteiger charge is -2.04. The number of nitrogens with zero attached hydrogens (tertiary/aromatic N) is 4. The minimum atomic E-state index is -0.299. The first-order valence-corrected chi connectivity index (χ1v) is 8.26. The van der Waals surface area contributed by atoms with E-state index in [0.717, 1.165) is 4.88 Å². The van der Waals surface area contributed by atoms with Crippen molar-refractivity contribution in [2.75, 3.05) is 0 Å². The Hall–Kier alpha value is -2.74. The Bertz CT molecular complexity index is 1090. The van der Waals surface area contributed by atoms with E-state index in [1.807, 2.05) is 31.4 Å². The van der Waals surface area contributed by atoms with Gasteiger partial charge in [-0.2, -0.15) is 5.10 Å². The number of oxazole rings is 1. The first-order valence-electron chi connectivity index (χ1n) is 7.38. The molecule has 0 fully saturated rings. The number of aryl methyl sites for hydroxylation is 3. The summed E-state index contributed by atoms with van der Waals surface area (Å²) < 4.78 is 12.2. The molecule has 0 unspecified atom stereocenters. The zero-order valence-electron chi connectivity index (χ0n) is 13.4. The number of hydrogen-bond donors (Lipinski definition) is 0. The number of hydrogen-bond acceptors (Lipinski definition) is 7. The molecule has 122 valence electrons. The summed E-state index contributed by atoms with van der Waals surface area (Å²) in [4.78, 5) is 18.0. The predicted octanol–water partition coefficient (Wildman–Crippen LogP) is 3.07. The van der Waals surface area contributed by atoms with Crippen LogP contribution in [0.25, 0.3) is 21.7 Å². The molecule has 0 amide bonds. The summed E-state index contributed by atoms with van der Waals surface area (Å²) in [6.07, 6.45) is 0. The van der Waals surface area contributed by atoms with E-state index in [2.05, 4.69) is 15.2 Å². The quantitative estimate of drug-likeness (QED) is 0.568. The molecule has 0 saturated heterocycles. The highest BCUT2D eigenvalue weighted by molar-refractivity contribution is 7.13. The Morgan fingerprint density at radius 1 is 1.25 bits per heavy atom. The molecule has 0 aliphatic rings. The van der Waals surface area contributed by atoms with Crippen LogP contribution in [0.4, 0.5) is 0 Å². The fraction of sp³-hybridized carbons (Fsp3) is 0.250. The minimum Gasteiger partial charge on any atom is -0.440 e. The molecule has 0 saturated carbocycles. The monoisotopic (exact) mass is 342 g/mol. The van der Waals surface area contributed by atoms with Gasteiger partial charge in [-0.15, -0.1) is 11.3 Å². The van der Waals surface area contributed by atoms with Crippen molar-refractivity contribution in [2.45, 2.75) is 27.3 Å². The fourth-order valence-electron chi connectivity index (χ4n) is 2.67. The molecule has 4 aromatic heterocycles. The summed E-state index contributed by atoms with van der Waals surface area (Å²) >= 11 is 1.55. The molecule has 24 heavy (non-hydrogen) atoms. The number of fused-ring (bicyclic) bond motifs is 1. The van der Waals surface area contributed by atoms with Gasteiger partial charge >= 0.3 is 0 Å². The van der Waals surface area contributed by atoms with Gasteiger partial charge < -0.3 is 8.94 Å². The van der Waals surface area contributed by atoms with Gasteiger partial charge in [0.05, 0.1) is 22.5 Å². The predicted molar refractivity (Wildman–Crippen MR) is 89.2 cm³/mol. The summed E-state index contributed by atoms with van der Waals surface area (Å²) in [7, 11) is 0. The van der Waals surface area contributed by atoms with Gasteiger partial charge in [-0.1, -0.05) is 11.2 Å². The highest BCUT2D eigenvalue weighted by Crippen LogP contribution is 2.26. The number of rotatable bonds is 3. The average Bonchev–Trinajstić information content (AvgIpc) is 3.25. The molecule has 8 heteroatoms. The van der Waals surface area contributed by atoms with Crippen LogP contribution in [0.3, 0.4) is 0 Å². The molecule has 0 N–H and O–H groups in total. The van der Waals surface area contributed by atoms with Gasteiger partial charge in [0.25, 0.3) is 5.56 Å². The summed E-state index contributed by atoms with van der Waals surface area (Å²) in [6.45, 7) is 5.65. The van der Waals surface area contributed by atoms with Crippen molar-refractivity contribution in [3.05, 3.63) is 50.8 Å². The van der Waals surface area contributed by atoms with Gasteiger partial charge in [-0.25, -0.2) is 9.67 Å². The Morgan fingerprint density at radius 2 is 2.08 bits per heavy atom. The van der Waals surface area contributed by atoms with Crippen LogP contribution in [0.1, 0.15) is 22.9 Å². The van der Waals surface area contributed by atoms with Crippen molar-refractivity contribution in [2.24, 2.45) is 0 Å². The molecule has 0 radical (unpaired) electrons. The lowest BCUT2D eigenvalue weighted by molar-refractivity contribution is 0.405. The van der Waals surface area contributed by atoms with Crippen LogP contribution >= 0.6 is 11.3 Å². The number of aromatic nitrogens is 4. The van der Waals surface area contributed by atoms with E-state index in [0.29, 0.717) is 39.7 Å². The number of thiophene rings is 1. The summed E-state index contributed by atoms with van der Waals surface area (Å²) in [5, 5.41) is 10.9. The maximum absolute atomic E-state index is 12.6. The van der Waals surface area contributed by atoms with Crippen LogP contribution in [0.2, 0.25) is 0 Å². The minimum absolute atomic E-state index is 0.224. The third kappa shape index (κ3) is 2.26. The second-order valence-corrected chi connectivity index (χ2v) is 6.46. The average molecular weight is 342 g/mol. The molecule has 4 rings (SSSR count). The fourth-order valence-corrected chi connectivity index (χ4v) is 3.32. The van der Waals surface area contributed by atoms with Crippen LogP contribution in [-0.4, -0.2) is 19.9 Å². The first kappa shape index (κ1) is 14.8. The normalized spacial score (nSPS) is 11.5.